The summed E-state index contributed by atoms with van der Waals surface area (Å²) in [5.41, 5.74) is 2.57. The zero-order chi connectivity index (χ0) is 31.7. The van der Waals surface area contributed by atoms with Crippen molar-refractivity contribution >= 4 is 39.7 Å². The van der Waals surface area contributed by atoms with E-state index in [1.165, 1.54) is 12.1 Å². The molecule has 3 unspecified atom stereocenters. The fourth-order valence-corrected chi connectivity index (χ4v) is 5.48. The molecule has 0 bridgehead atoms. The number of nitrogens with zero attached hydrogens (tertiary/aromatic N) is 1. The zero-order valence-electron chi connectivity index (χ0n) is 23.9. The first-order valence-corrected chi connectivity index (χ1v) is 15.4. The van der Waals surface area contributed by atoms with Crippen LogP contribution in [0.3, 0.4) is 0 Å². The number of hydrogen-bond acceptors (Lipinski definition) is 8. The second-order valence-electron chi connectivity index (χ2n) is 10.8. The van der Waals surface area contributed by atoms with Crippen LogP contribution in [0.25, 0.3) is 0 Å². The van der Waals surface area contributed by atoms with Crippen LogP contribution in [0.15, 0.2) is 54.6 Å². The van der Waals surface area contributed by atoms with Crippen LogP contribution in [0.5, 0.6) is 0 Å². The molecule has 0 saturated carbocycles. The Hall–Kier alpha value is -4.14. The lowest BCUT2D eigenvalue weighted by Gasteiger charge is -2.30. The maximum absolute atomic E-state index is 13.8. The van der Waals surface area contributed by atoms with Crippen LogP contribution in [-0.2, 0) is 30.9 Å². The maximum atomic E-state index is 13.8. The van der Waals surface area contributed by atoms with Gasteiger partial charge in [-0.2, -0.15) is 8.42 Å². The van der Waals surface area contributed by atoms with Crippen molar-refractivity contribution in [2.24, 2.45) is 17.8 Å². The third-order valence-electron chi connectivity index (χ3n) is 7.05. The van der Waals surface area contributed by atoms with Crippen molar-refractivity contribution in [3.8, 4) is 0 Å². The van der Waals surface area contributed by atoms with Gasteiger partial charge < -0.3 is 10.6 Å². The zero-order valence-corrected chi connectivity index (χ0v) is 24.7. The summed E-state index contributed by atoms with van der Waals surface area (Å²) in [6.07, 6.45) is 0.104. The molecule has 0 aliphatic carbocycles. The van der Waals surface area contributed by atoms with Gasteiger partial charge in [0, 0.05) is 19.5 Å². The molecule has 0 saturated heterocycles. The number of amides is 5. The summed E-state index contributed by atoms with van der Waals surface area (Å²) in [5.74, 6) is -6.81. The maximum Gasteiger partial charge on any atom is 0.264 e. The van der Waals surface area contributed by atoms with Gasteiger partial charge in [-0.05, 0) is 36.5 Å². The Kier molecular flexibility index (Phi) is 11.5. The SMILES string of the molecule is CC(C)CC(C(=O)NC(Cc1ccccc1)C(=O)NCCCS(=O)(=O)O)C(CN1C(=O)c2ccccc2C1=O)C(=O)NO. The average molecular weight is 617 g/mol. The molecule has 0 aromatic heterocycles. The molecule has 2 aromatic rings. The van der Waals surface area contributed by atoms with E-state index in [1.54, 1.807) is 61.8 Å². The number of imide groups is 1. The summed E-state index contributed by atoms with van der Waals surface area (Å²) in [7, 11) is -4.22. The molecule has 14 heteroatoms. The van der Waals surface area contributed by atoms with Crippen molar-refractivity contribution in [3.05, 3.63) is 71.3 Å². The van der Waals surface area contributed by atoms with Crippen LogP contribution >= 0.6 is 0 Å². The van der Waals surface area contributed by atoms with E-state index in [0.717, 1.165) is 4.90 Å². The number of carbonyl (C=O) groups excluding carboxylic acids is 5. The second-order valence-corrected chi connectivity index (χ2v) is 12.3. The quantitative estimate of drug-likeness (QED) is 0.0641. The van der Waals surface area contributed by atoms with Gasteiger partial charge in [-0.25, -0.2) is 5.48 Å². The van der Waals surface area contributed by atoms with Crippen molar-refractivity contribution in [2.45, 2.75) is 39.2 Å². The van der Waals surface area contributed by atoms with Gasteiger partial charge in [0.1, 0.15) is 6.04 Å². The lowest BCUT2D eigenvalue weighted by molar-refractivity contribution is -0.142. The summed E-state index contributed by atoms with van der Waals surface area (Å²) >= 11 is 0. The van der Waals surface area contributed by atoms with Gasteiger partial charge in [0.05, 0.1) is 28.7 Å². The Labute approximate surface area is 249 Å². The number of hydroxylamine groups is 1. The van der Waals surface area contributed by atoms with Crippen LogP contribution < -0.4 is 16.1 Å². The van der Waals surface area contributed by atoms with E-state index in [1.807, 2.05) is 0 Å². The number of benzene rings is 2. The van der Waals surface area contributed by atoms with E-state index in [-0.39, 0.29) is 42.9 Å². The first-order valence-electron chi connectivity index (χ1n) is 13.8. The normalized spacial score (nSPS) is 15.0. The molecule has 5 amide bonds. The van der Waals surface area contributed by atoms with E-state index in [0.29, 0.717) is 5.56 Å². The number of carbonyl (C=O) groups is 5. The van der Waals surface area contributed by atoms with Gasteiger partial charge in [-0.1, -0.05) is 56.3 Å². The molecule has 2 aromatic carbocycles. The van der Waals surface area contributed by atoms with Gasteiger partial charge >= 0.3 is 0 Å². The van der Waals surface area contributed by atoms with E-state index in [2.05, 4.69) is 10.6 Å². The lowest BCUT2D eigenvalue weighted by atomic mass is 9.83. The highest BCUT2D eigenvalue weighted by Crippen LogP contribution is 2.28. The molecule has 0 radical (unpaired) electrons. The standard InChI is InChI=1S/C29H36N4O9S/c1-18(2)15-22(23(26(35)32-39)17-33-28(37)20-11-6-7-12-21(20)29(33)38)25(34)31-24(16-19-9-4-3-5-10-19)27(36)30-13-8-14-43(40,41)42/h3-7,9-12,18,22-24,39H,8,13-17H2,1-2H3,(H,30,36)(H,31,34)(H,32,35)(H,40,41,42). The van der Waals surface area contributed by atoms with Crippen molar-refractivity contribution in [1.82, 2.24) is 21.0 Å². The van der Waals surface area contributed by atoms with Crippen molar-refractivity contribution in [1.29, 1.82) is 0 Å². The van der Waals surface area contributed by atoms with Crippen molar-refractivity contribution < 1.29 is 42.2 Å². The summed E-state index contributed by atoms with van der Waals surface area (Å²) in [4.78, 5) is 66.8. The molecule has 5 N–H and O–H groups in total. The smallest absolute Gasteiger partial charge is 0.264 e. The molecule has 3 atom stereocenters. The minimum absolute atomic E-state index is 0.0559. The molecule has 1 heterocycles. The molecule has 232 valence electrons. The van der Waals surface area contributed by atoms with Crippen LogP contribution in [0.2, 0.25) is 0 Å². The highest BCUT2D eigenvalue weighted by Gasteiger charge is 2.42. The van der Waals surface area contributed by atoms with Gasteiger partial charge in [0.2, 0.25) is 17.7 Å². The van der Waals surface area contributed by atoms with E-state index >= 15 is 0 Å². The highest BCUT2D eigenvalue weighted by molar-refractivity contribution is 7.85. The molecule has 13 nitrogen and oxygen atoms in total. The Balaban J connectivity index is 1.86. The Bertz CT molecular complexity index is 1410. The van der Waals surface area contributed by atoms with E-state index < -0.39 is 69.8 Å². The number of nitrogens with one attached hydrogen (secondary N) is 3. The first-order chi connectivity index (χ1) is 20.3. The molecule has 0 fully saturated rings. The second kappa shape index (κ2) is 14.8. The van der Waals surface area contributed by atoms with Crippen LogP contribution in [-0.4, -0.2) is 77.5 Å². The van der Waals surface area contributed by atoms with Crippen LogP contribution in [0, 0.1) is 17.8 Å². The van der Waals surface area contributed by atoms with E-state index in [4.69, 9.17) is 4.55 Å². The van der Waals surface area contributed by atoms with Crippen LogP contribution in [0.4, 0.5) is 0 Å². The molecular formula is C29H36N4O9S. The average Bonchev–Trinajstić information content (AvgIpc) is 3.20. The minimum Gasteiger partial charge on any atom is -0.354 e. The third-order valence-corrected chi connectivity index (χ3v) is 7.85. The monoisotopic (exact) mass is 616 g/mol. The highest BCUT2D eigenvalue weighted by atomic mass is 32.2. The topological polar surface area (TPSA) is 199 Å². The Morgan fingerprint density at radius 1 is 0.860 bits per heavy atom. The first kappa shape index (κ1) is 33.4. The van der Waals surface area contributed by atoms with Crippen molar-refractivity contribution in [2.75, 3.05) is 18.8 Å². The minimum atomic E-state index is -4.22. The summed E-state index contributed by atoms with van der Waals surface area (Å²) in [6.45, 7) is 3.03. The fourth-order valence-electron chi connectivity index (χ4n) is 4.97. The van der Waals surface area contributed by atoms with Gasteiger partial charge in [-0.15, -0.1) is 0 Å². The molecule has 1 aliphatic heterocycles. The Morgan fingerprint density at radius 3 is 1.98 bits per heavy atom. The summed E-state index contributed by atoms with van der Waals surface area (Å²) in [5, 5.41) is 14.8. The fraction of sp³-hybridized carbons (Fsp3) is 0.414. The predicted molar refractivity (Wildman–Crippen MR) is 154 cm³/mol. The summed E-state index contributed by atoms with van der Waals surface area (Å²) in [6, 6.07) is 13.8. The molecule has 0 spiro atoms. The third kappa shape index (κ3) is 9.17. The summed E-state index contributed by atoms with van der Waals surface area (Å²) < 4.78 is 31.0. The van der Waals surface area contributed by atoms with Gasteiger partial charge in [-0.3, -0.25) is 38.6 Å². The number of hydrogen-bond donors (Lipinski definition) is 5. The number of rotatable bonds is 15. The predicted octanol–water partition coefficient (Wildman–Crippen LogP) is 1.19. The van der Waals surface area contributed by atoms with Gasteiger partial charge in [0.15, 0.2) is 0 Å². The lowest BCUT2D eigenvalue weighted by Crippen LogP contribution is -2.53. The molecule has 43 heavy (non-hydrogen) atoms. The molecular weight excluding hydrogens is 580 g/mol. The van der Waals surface area contributed by atoms with E-state index in [9.17, 15) is 37.6 Å². The van der Waals surface area contributed by atoms with Crippen LogP contribution in [0.1, 0.15) is 53.0 Å². The molecule has 1 aliphatic rings. The molecule has 3 rings (SSSR count). The van der Waals surface area contributed by atoms with Crippen molar-refractivity contribution in [3.63, 3.8) is 0 Å². The van der Waals surface area contributed by atoms with Gasteiger partial charge in [0.25, 0.3) is 21.9 Å². The largest absolute Gasteiger partial charge is 0.354 e. The number of fused-ring (bicyclic) bond motifs is 1. The Morgan fingerprint density at radius 2 is 1.44 bits per heavy atom.